The molecule has 7 heteroatoms. The van der Waals surface area contributed by atoms with Crippen molar-refractivity contribution in [2.75, 3.05) is 0 Å². The molecule has 0 radical (unpaired) electrons. The van der Waals surface area contributed by atoms with E-state index in [-0.39, 0.29) is 35.6 Å². The standard InChI is InChI=1S/C13H21.C6H3Cl3O.2ClH.Ti/c1-12(2,3)10-7-8-11(9-10)13(4,5)6;7-3-1-4(8)6(10)5(9)2-3;;;/h7-9H,1-6H3;1-2,10H;2*1H;/q;;;;+3/p-3. The topological polar surface area (TPSA) is 9.23 Å². The number of hydrogen-bond acceptors (Lipinski definition) is 1. The van der Waals surface area contributed by atoms with Gasteiger partial charge in [-0.3, -0.25) is 0 Å². The smallest absolute Gasteiger partial charge is 1.00 e. The quantitative estimate of drug-likeness (QED) is 0.585. The molecule has 1 nitrogen and oxygen atoms in total. The zero-order valence-corrected chi connectivity index (χ0v) is 21.0. The summed E-state index contributed by atoms with van der Waals surface area (Å²) in [7, 11) is 0. The van der Waals surface area contributed by atoms with Crippen molar-refractivity contribution >= 4 is 34.8 Å². The zero-order chi connectivity index (χ0) is 18.3. The number of hydrogen-bond donors (Lipinski definition) is 0. The van der Waals surface area contributed by atoms with Crippen molar-refractivity contribution in [3.8, 4) is 5.75 Å². The van der Waals surface area contributed by atoms with Gasteiger partial charge in [0.1, 0.15) is 0 Å². The Morgan fingerprint density at radius 1 is 0.885 bits per heavy atom. The van der Waals surface area contributed by atoms with Crippen LogP contribution in [0.4, 0.5) is 0 Å². The zero-order valence-electron chi connectivity index (χ0n) is 15.7. The number of halogens is 5. The normalized spacial score (nSPS) is 16.7. The maximum Gasteiger partial charge on any atom is -1.00 e. The molecule has 0 spiro atoms. The maximum atomic E-state index is 6.24. The average Bonchev–Trinajstić information content (AvgIpc) is 2.81. The minimum absolute atomic E-state index is 0. The summed E-state index contributed by atoms with van der Waals surface area (Å²) in [5, 5.41) is 1.45. The first-order valence-corrected chi connectivity index (χ1v) is 10.6. The van der Waals surface area contributed by atoms with E-state index in [0.29, 0.717) is 25.0 Å². The predicted octanol–water partition coefficient (Wildman–Crippen LogP) is 1.78. The van der Waals surface area contributed by atoms with Crippen LogP contribution < -0.4 is 28.1 Å². The van der Waals surface area contributed by atoms with Crippen molar-refractivity contribution in [3.05, 3.63) is 50.5 Å². The summed E-state index contributed by atoms with van der Waals surface area (Å²) in [4.78, 5) is 0. The van der Waals surface area contributed by atoms with Gasteiger partial charge >= 0.3 is 171 Å². The summed E-state index contributed by atoms with van der Waals surface area (Å²) in [5.74, 6) is 0.550. The van der Waals surface area contributed by atoms with Crippen molar-refractivity contribution in [3.63, 3.8) is 0 Å². The van der Waals surface area contributed by atoms with E-state index in [1.54, 1.807) is 12.1 Å². The number of allylic oxidation sites excluding steroid dienone is 4. The van der Waals surface area contributed by atoms with E-state index in [1.807, 2.05) is 0 Å². The van der Waals surface area contributed by atoms with Crippen LogP contribution in [0.3, 0.4) is 0 Å². The molecular formula is C19H23Cl5OTi. The fraction of sp³-hybridized carbons (Fsp3) is 0.474. The second-order valence-corrected chi connectivity index (χ2v) is 11.0. The first kappa shape index (κ1) is 26.7. The van der Waals surface area contributed by atoms with Gasteiger partial charge < -0.3 is 24.8 Å². The van der Waals surface area contributed by atoms with Crippen molar-refractivity contribution in [1.29, 1.82) is 0 Å². The van der Waals surface area contributed by atoms with Crippen molar-refractivity contribution < 1.29 is 47.7 Å². The minimum atomic E-state index is -0.795. The summed E-state index contributed by atoms with van der Waals surface area (Å²) in [6.45, 7) is 13.5. The van der Waals surface area contributed by atoms with Gasteiger partial charge in [0, 0.05) is 0 Å². The first-order chi connectivity index (χ1) is 10.9. The molecule has 0 saturated heterocycles. The van der Waals surface area contributed by atoms with Crippen LogP contribution in [0.15, 0.2) is 35.4 Å². The Morgan fingerprint density at radius 3 is 1.81 bits per heavy atom. The van der Waals surface area contributed by atoms with E-state index in [0.717, 1.165) is 0 Å². The summed E-state index contributed by atoms with van der Waals surface area (Å²) in [6.07, 6.45) is 4.71. The van der Waals surface area contributed by atoms with Crippen LogP contribution in [0.5, 0.6) is 5.75 Å². The van der Waals surface area contributed by atoms with Gasteiger partial charge in [0.25, 0.3) is 0 Å². The molecule has 1 unspecified atom stereocenters. The van der Waals surface area contributed by atoms with Crippen LogP contribution in [-0.4, -0.2) is 0 Å². The monoisotopic (exact) mass is 490 g/mol. The third-order valence-corrected chi connectivity index (χ3v) is 6.40. The molecular weight excluding hydrogens is 469 g/mol. The van der Waals surface area contributed by atoms with Gasteiger partial charge in [0.2, 0.25) is 0 Å². The van der Waals surface area contributed by atoms with Gasteiger partial charge in [-0.1, -0.05) is 0 Å². The first-order valence-electron chi connectivity index (χ1n) is 7.91. The van der Waals surface area contributed by atoms with Gasteiger partial charge in [-0.2, -0.15) is 0 Å². The molecule has 0 N–H and O–H groups in total. The molecule has 26 heavy (non-hydrogen) atoms. The van der Waals surface area contributed by atoms with E-state index in [2.05, 4.69) is 53.7 Å². The van der Waals surface area contributed by atoms with Crippen LogP contribution in [0.25, 0.3) is 0 Å². The fourth-order valence-electron chi connectivity index (χ4n) is 2.57. The maximum absolute atomic E-state index is 6.24. The Bertz CT molecular complexity index is 676. The van der Waals surface area contributed by atoms with Gasteiger partial charge in [0.15, 0.2) is 0 Å². The van der Waals surface area contributed by atoms with Crippen LogP contribution in [0.2, 0.25) is 19.3 Å². The molecule has 1 aromatic rings. The third kappa shape index (κ3) is 6.62. The largest absolute Gasteiger partial charge is 1.00 e. The molecule has 0 fully saturated rings. The molecule has 144 valence electrons. The Hall–Kier alpha value is 0.664. The van der Waals surface area contributed by atoms with Gasteiger partial charge in [-0.15, -0.1) is 0 Å². The van der Waals surface area contributed by atoms with Crippen molar-refractivity contribution in [1.82, 2.24) is 0 Å². The third-order valence-electron chi connectivity index (χ3n) is 3.98. The molecule has 0 aliphatic heterocycles. The molecule has 0 bridgehead atoms. The molecule has 0 aromatic heterocycles. The predicted molar refractivity (Wildman–Crippen MR) is 101 cm³/mol. The SMILES string of the molecule is CC(C)(C)C1=C[CH]([Ti+2][O]c2c(Cl)cc(Cl)cc2Cl)C(C(C)(C)C)=C1.[Cl-].[Cl-]. The van der Waals surface area contributed by atoms with Crippen molar-refractivity contribution in [2.24, 2.45) is 10.8 Å². The molecule has 0 heterocycles. The van der Waals surface area contributed by atoms with E-state index in [9.17, 15) is 0 Å². The Kier molecular flexibility index (Phi) is 10.2. The van der Waals surface area contributed by atoms with E-state index < -0.39 is 19.5 Å². The van der Waals surface area contributed by atoms with Gasteiger partial charge in [-0.05, 0) is 0 Å². The van der Waals surface area contributed by atoms with E-state index in [1.165, 1.54) is 11.1 Å². The second kappa shape index (κ2) is 9.92. The summed E-state index contributed by atoms with van der Waals surface area (Å²) in [6, 6.07) is 3.34. The molecule has 1 atom stereocenters. The molecule has 1 aliphatic carbocycles. The van der Waals surface area contributed by atoms with Crippen molar-refractivity contribution in [2.45, 2.75) is 45.8 Å². The van der Waals surface area contributed by atoms with Gasteiger partial charge in [0.05, 0.1) is 0 Å². The molecule has 0 amide bonds. The van der Waals surface area contributed by atoms with Gasteiger partial charge in [-0.25, -0.2) is 0 Å². The van der Waals surface area contributed by atoms with Crippen LogP contribution in [-0.2, 0) is 19.5 Å². The number of rotatable bonds is 3. The van der Waals surface area contributed by atoms with Crippen LogP contribution in [0.1, 0.15) is 41.5 Å². The van der Waals surface area contributed by atoms with Crippen LogP contribution in [0, 0.1) is 10.8 Å². The average molecular weight is 493 g/mol. The Balaban J connectivity index is 0.00000312. The Labute approximate surface area is 194 Å². The minimum Gasteiger partial charge on any atom is -1.00 e. The molecule has 1 aliphatic rings. The Morgan fingerprint density at radius 2 is 1.38 bits per heavy atom. The van der Waals surface area contributed by atoms with E-state index in [4.69, 9.17) is 38.1 Å². The molecule has 0 saturated carbocycles. The summed E-state index contributed by atoms with van der Waals surface area (Å²) >= 11 is 17.7. The van der Waals surface area contributed by atoms with Crippen LogP contribution >= 0.6 is 34.8 Å². The fourth-order valence-corrected chi connectivity index (χ4v) is 5.78. The molecule has 2 rings (SSSR count). The summed E-state index contributed by atoms with van der Waals surface area (Å²) in [5.41, 5.74) is 3.04. The second-order valence-electron chi connectivity index (χ2n) is 8.12. The summed E-state index contributed by atoms with van der Waals surface area (Å²) < 4.78 is 6.45. The molecule has 1 aromatic carbocycles. The number of benzene rings is 1. The van der Waals surface area contributed by atoms with E-state index >= 15 is 0 Å².